The molecule has 1 N–H and O–H groups in total. The Morgan fingerprint density at radius 1 is 1.33 bits per heavy atom. The van der Waals surface area contributed by atoms with Gasteiger partial charge < -0.3 is 5.11 Å². The van der Waals surface area contributed by atoms with Crippen LogP contribution in [0.2, 0.25) is 0 Å². The molecule has 0 radical (unpaired) electrons. The van der Waals surface area contributed by atoms with Crippen LogP contribution < -0.4 is 0 Å². The first-order chi connectivity index (χ1) is 6.99. The van der Waals surface area contributed by atoms with Crippen molar-refractivity contribution in [2.45, 2.75) is 57.8 Å². The van der Waals surface area contributed by atoms with E-state index in [0.29, 0.717) is 6.42 Å². The molecule has 86 valence electrons. The number of aliphatic hydroxyl groups is 1. The maximum absolute atomic E-state index is 10.4. The van der Waals surface area contributed by atoms with E-state index in [-0.39, 0.29) is 5.92 Å². The molecule has 1 saturated heterocycles. The van der Waals surface area contributed by atoms with Crippen LogP contribution in [-0.2, 0) is 9.78 Å². The Morgan fingerprint density at radius 2 is 2.07 bits per heavy atom. The average molecular weight is 212 g/mol. The third-order valence-corrected chi connectivity index (χ3v) is 3.73. The van der Waals surface area contributed by atoms with Crippen molar-refractivity contribution in [1.29, 1.82) is 0 Å². The van der Waals surface area contributed by atoms with Crippen LogP contribution >= 0.6 is 0 Å². The van der Waals surface area contributed by atoms with Gasteiger partial charge in [-0.15, -0.1) is 0 Å². The van der Waals surface area contributed by atoms with Crippen molar-refractivity contribution < 1.29 is 14.9 Å². The van der Waals surface area contributed by atoms with Gasteiger partial charge in [-0.3, -0.25) is 0 Å². The van der Waals surface area contributed by atoms with Crippen molar-refractivity contribution in [1.82, 2.24) is 0 Å². The second-order valence-electron chi connectivity index (χ2n) is 5.08. The fourth-order valence-corrected chi connectivity index (χ4v) is 2.33. The molecule has 3 nitrogen and oxygen atoms in total. The van der Waals surface area contributed by atoms with E-state index in [0.717, 1.165) is 24.8 Å². The molecule has 1 fully saturated rings. The largest absolute Gasteiger partial charge is 0.360 e. The van der Waals surface area contributed by atoms with E-state index >= 15 is 0 Å². The maximum Gasteiger partial charge on any atom is 0.224 e. The van der Waals surface area contributed by atoms with E-state index in [2.05, 4.69) is 19.9 Å². The normalized spacial score (nSPS) is 41.3. The first kappa shape index (κ1) is 11.1. The number of rotatable bonds is 1. The zero-order valence-corrected chi connectivity index (χ0v) is 9.75. The summed E-state index contributed by atoms with van der Waals surface area (Å²) in [4.78, 5) is 10.6. The van der Waals surface area contributed by atoms with Crippen LogP contribution in [-0.4, -0.2) is 16.5 Å². The highest BCUT2D eigenvalue weighted by Crippen LogP contribution is 2.47. The van der Waals surface area contributed by atoms with Gasteiger partial charge in [-0.05, 0) is 32.1 Å². The predicted molar refractivity (Wildman–Crippen MR) is 56.9 cm³/mol. The van der Waals surface area contributed by atoms with Gasteiger partial charge in [0.05, 0.1) is 0 Å². The summed E-state index contributed by atoms with van der Waals surface area (Å²) in [5.41, 5.74) is 0.446. The molecule has 1 unspecified atom stereocenters. The predicted octanol–water partition coefficient (Wildman–Crippen LogP) is 2.55. The molecule has 1 aliphatic carbocycles. The summed E-state index contributed by atoms with van der Waals surface area (Å²) in [6.07, 6.45) is 5.84. The third kappa shape index (κ3) is 1.63. The summed E-state index contributed by atoms with van der Waals surface area (Å²) in [6, 6.07) is 0. The lowest BCUT2D eigenvalue weighted by molar-refractivity contribution is -0.396. The molecule has 2 rings (SSSR count). The molecule has 3 heteroatoms. The van der Waals surface area contributed by atoms with Crippen LogP contribution in [0.3, 0.4) is 0 Å². The summed E-state index contributed by atoms with van der Waals surface area (Å²) in [6.45, 7) is 6.16. The molecular weight excluding hydrogens is 192 g/mol. The van der Waals surface area contributed by atoms with Crippen molar-refractivity contribution in [3.63, 3.8) is 0 Å². The van der Waals surface area contributed by atoms with E-state index in [1.54, 1.807) is 0 Å². The second kappa shape index (κ2) is 3.58. The van der Waals surface area contributed by atoms with Gasteiger partial charge in [0.1, 0.15) is 5.60 Å². The highest BCUT2D eigenvalue weighted by molar-refractivity contribution is 5.27. The Balaban J connectivity index is 2.37. The molecule has 1 heterocycles. The van der Waals surface area contributed by atoms with E-state index in [1.807, 2.05) is 6.92 Å². The monoisotopic (exact) mass is 212 g/mol. The Morgan fingerprint density at radius 3 is 2.73 bits per heavy atom. The van der Waals surface area contributed by atoms with Gasteiger partial charge in [0.2, 0.25) is 5.79 Å². The van der Waals surface area contributed by atoms with E-state index in [4.69, 9.17) is 9.78 Å². The minimum Gasteiger partial charge on any atom is -0.360 e. The van der Waals surface area contributed by atoms with Crippen LogP contribution in [0.25, 0.3) is 0 Å². The van der Waals surface area contributed by atoms with Gasteiger partial charge in [0.25, 0.3) is 0 Å². The van der Waals surface area contributed by atoms with E-state index in [1.165, 1.54) is 0 Å². The Hall–Kier alpha value is -0.380. The molecule has 0 bridgehead atoms. The Labute approximate surface area is 91.0 Å². The van der Waals surface area contributed by atoms with Crippen LogP contribution in [0, 0.1) is 5.92 Å². The molecule has 0 spiro atoms. The molecule has 0 aromatic carbocycles. The minimum absolute atomic E-state index is 0.288. The fraction of sp³-hybridized carbons (Fsp3) is 0.833. The topological polar surface area (TPSA) is 38.7 Å². The molecule has 0 aromatic heterocycles. The van der Waals surface area contributed by atoms with Gasteiger partial charge in [0, 0.05) is 12.0 Å². The smallest absolute Gasteiger partial charge is 0.224 e. The highest BCUT2D eigenvalue weighted by Gasteiger charge is 2.54. The molecule has 0 amide bonds. The van der Waals surface area contributed by atoms with Gasteiger partial charge in [-0.1, -0.05) is 19.9 Å². The number of hydrogen-bond donors (Lipinski definition) is 1. The Kier molecular flexibility index (Phi) is 2.65. The zero-order chi connectivity index (χ0) is 11.1. The standard InChI is InChI=1S/C12H20O3/c1-9(2)11(3)10-7-5-4-6-8-12(10,13)15-14-11/h7,9,13H,4-6,8H2,1-3H3/t11?,12-/m0/s1. The summed E-state index contributed by atoms with van der Waals surface area (Å²) < 4.78 is 0. The second-order valence-corrected chi connectivity index (χ2v) is 5.08. The van der Waals surface area contributed by atoms with Crippen LogP contribution in [0.15, 0.2) is 11.6 Å². The summed E-state index contributed by atoms with van der Waals surface area (Å²) in [5.74, 6) is -0.883. The van der Waals surface area contributed by atoms with Crippen LogP contribution in [0.1, 0.15) is 46.5 Å². The average Bonchev–Trinajstić information content (AvgIpc) is 2.37. The van der Waals surface area contributed by atoms with Crippen molar-refractivity contribution in [3.05, 3.63) is 11.6 Å². The minimum atomic E-state index is -1.17. The number of allylic oxidation sites excluding steroid dienone is 1. The van der Waals surface area contributed by atoms with Gasteiger partial charge >= 0.3 is 0 Å². The fourth-order valence-electron chi connectivity index (χ4n) is 2.33. The molecule has 0 aromatic rings. The number of fused-ring (bicyclic) bond motifs is 1. The summed E-state index contributed by atoms with van der Waals surface area (Å²) in [5, 5.41) is 10.4. The molecule has 15 heavy (non-hydrogen) atoms. The maximum atomic E-state index is 10.4. The van der Waals surface area contributed by atoms with E-state index in [9.17, 15) is 5.11 Å². The third-order valence-electron chi connectivity index (χ3n) is 3.73. The molecule has 2 atom stereocenters. The van der Waals surface area contributed by atoms with E-state index < -0.39 is 11.4 Å². The molecule has 0 saturated carbocycles. The lowest BCUT2D eigenvalue weighted by Crippen LogP contribution is -2.37. The first-order valence-electron chi connectivity index (χ1n) is 5.79. The molecule has 2 aliphatic rings. The van der Waals surface area contributed by atoms with Gasteiger partial charge in [-0.25, -0.2) is 4.89 Å². The summed E-state index contributed by atoms with van der Waals surface area (Å²) in [7, 11) is 0. The van der Waals surface area contributed by atoms with Gasteiger partial charge in [0.15, 0.2) is 0 Å². The van der Waals surface area contributed by atoms with Crippen LogP contribution in [0.4, 0.5) is 0 Å². The molecule has 1 aliphatic heterocycles. The van der Waals surface area contributed by atoms with Crippen molar-refractivity contribution >= 4 is 0 Å². The SMILES string of the molecule is CC(C)C1(C)OO[C@@]2(O)CCCCC=C12. The lowest BCUT2D eigenvalue weighted by Gasteiger charge is -2.28. The van der Waals surface area contributed by atoms with Crippen molar-refractivity contribution in [3.8, 4) is 0 Å². The summed E-state index contributed by atoms with van der Waals surface area (Å²) >= 11 is 0. The van der Waals surface area contributed by atoms with Crippen molar-refractivity contribution in [2.75, 3.05) is 0 Å². The Bertz CT molecular complexity index is 285. The highest BCUT2D eigenvalue weighted by atomic mass is 17.2. The van der Waals surface area contributed by atoms with Crippen molar-refractivity contribution in [2.24, 2.45) is 5.92 Å². The first-order valence-corrected chi connectivity index (χ1v) is 5.79. The number of hydrogen-bond acceptors (Lipinski definition) is 3. The quantitative estimate of drug-likeness (QED) is 0.536. The zero-order valence-electron chi connectivity index (χ0n) is 9.75. The molecular formula is C12H20O3. The van der Waals surface area contributed by atoms with Crippen LogP contribution in [0.5, 0.6) is 0 Å². The lowest BCUT2D eigenvalue weighted by atomic mass is 9.80. The van der Waals surface area contributed by atoms with Gasteiger partial charge in [-0.2, -0.15) is 4.89 Å².